The first-order valence-corrected chi connectivity index (χ1v) is 8.30. The summed E-state index contributed by atoms with van der Waals surface area (Å²) in [6.45, 7) is 1.20. The molecule has 1 atom stereocenters. The van der Waals surface area contributed by atoms with Gasteiger partial charge in [-0.25, -0.2) is 0 Å². The number of carbonyl (C=O) groups is 1. The summed E-state index contributed by atoms with van der Waals surface area (Å²) in [7, 11) is 0. The molecule has 6 nitrogen and oxygen atoms in total. The summed E-state index contributed by atoms with van der Waals surface area (Å²) < 4.78 is 11.2. The lowest BCUT2D eigenvalue weighted by Gasteiger charge is -2.30. The predicted molar refractivity (Wildman–Crippen MR) is 92.2 cm³/mol. The Hall–Kier alpha value is -2.44. The Morgan fingerprint density at radius 3 is 2.80 bits per heavy atom. The van der Waals surface area contributed by atoms with Crippen molar-refractivity contribution in [2.24, 2.45) is 0 Å². The third-order valence-corrected chi connectivity index (χ3v) is 4.02. The fourth-order valence-electron chi connectivity index (χ4n) is 2.72. The Labute approximate surface area is 147 Å². The SMILES string of the molecule is O=C(Cc1ccccn1)N1CCOC[C@](O)(COc2ccccc2)C1. The van der Waals surface area contributed by atoms with Crippen molar-refractivity contribution in [2.75, 3.05) is 32.9 Å². The van der Waals surface area contributed by atoms with Gasteiger partial charge in [0.25, 0.3) is 0 Å². The zero-order valence-corrected chi connectivity index (χ0v) is 14.0. The number of aliphatic hydroxyl groups is 1. The van der Waals surface area contributed by atoms with E-state index in [0.717, 1.165) is 0 Å². The third kappa shape index (κ3) is 5.01. The second-order valence-corrected chi connectivity index (χ2v) is 6.19. The maximum atomic E-state index is 12.6. The summed E-state index contributed by atoms with van der Waals surface area (Å²) in [5, 5.41) is 10.8. The van der Waals surface area contributed by atoms with Crippen LogP contribution in [-0.2, 0) is 16.0 Å². The van der Waals surface area contributed by atoms with Crippen LogP contribution in [0.3, 0.4) is 0 Å². The minimum atomic E-state index is -1.24. The first-order chi connectivity index (χ1) is 12.1. The highest BCUT2D eigenvalue weighted by atomic mass is 16.5. The molecule has 1 aliphatic rings. The number of amides is 1. The van der Waals surface area contributed by atoms with E-state index in [1.165, 1.54) is 0 Å². The highest BCUT2D eigenvalue weighted by Crippen LogP contribution is 2.17. The summed E-state index contributed by atoms with van der Waals surface area (Å²) in [5.41, 5.74) is -0.534. The Balaban J connectivity index is 1.62. The molecule has 0 unspecified atom stereocenters. The molecule has 1 N–H and O–H groups in total. The number of β-amino-alcohol motifs (C(OH)–C–C–N with tert-alkyl or cyclic N) is 1. The molecule has 0 spiro atoms. The van der Waals surface area contributed by atoms with E-state index in [-0.39, 0.29) is 32.1 Å². The minimum absolute atomic E-state index is 0.0599. The standard InChI is InChI=1S/C19H22N2O4/c22-18(12-16-6-4-5-9-20-16)21-10-11-24-14-19(23,13-21)15-25-17-7-2-1-3-8-17/h1-9,23H,10-15H2/t19-/m0/s1. The molecule has 1 aliphatic heterocycles. The number of hydrogen-bond donors (Lipinski definition) is 1. The normalized spacial score (nSPS) is 20.8. The van der Waals surface area contributed by atoms with E-state index < -0.39 is 5.60 Å². The maximum Gasteiger partial charge on any atom is 0.228 e. The molecular weight excluding hydrogens is 320 g/mol. The van der Waals surface area contributed by atoms with Gasteiger partial charge in [0.15, 0.2) is 0 Å². The van der Waals surface area contributed by atoms with E-state index >= 15 is 0 Å². The van der Waals surface area contributed by atoms with Gasteiger partial charge in [-0.1, -0.05) is 24.3 Å². The zero-order valence-electron chi connectivity index (χ0n) is 14.0. The monoisotopic (exact) mass is 342 g/mol. The van der Waals surface area contributed by atoms with Crippen LogP contribution in [0.25, 0.3) is 0 Å². The number of aromatic nitrogens is 1. The number of ether oxygens (including phenoxy) is 2. The lowest BCUT2D eigenvalue weighted by Crippen LogP contribution is -2.50. The van der Waals surface area contributed by atoms with Gasteiger partial charge in [-0.15, -0.1) is 0 Å². The zero-order chi connectivity index (χ0) is 17.5. The molecule has 1 saturated heterocycles. The van der Waals surface area contributed by atoms with E-state index in [4.69, 9.17) is 9.47 Å². The number of rotatable bonds is 5. The molecule has 6 heteroatoms. The average Bonchev–Trinajstić information content (AvgIpc) is 2.84. The van der Waals surface area contributed by atoms with Crippen molar-refractivity contribution in [3.05, 3.63) is 60.4 Å². The number of hydrogen-bond acceptors (Lipinski definition) is 5. The van der Waals surface area contributed by atoms with Gasteiger partial charge in [-0.05, 0) is 24.3 Å². The van der Waals surface area contributed by atoms with Gasteiger partial charge in [0.1, 0.15) is 18.0 Å². The van der Waals surface area contributed by atoms with E-state index in [0.29, 0.717) is 24.6 Å². The van der Waals surface area contributed by atoms with Crippen molar-refractivity contribution in [1.29, 1.82) is 0 Å². The summed E-state index contributed by atoms with van der Waals surface area (Å²) in [5.74, 6) is 0.592. The predicted octanol–water partition coefficient (Wildman–Crippen LogP) is 1.29. The van der Waals surface area contributed by atoms with Crippen LogP contribution in [-0.4, -0.2) is 59.4 Å². The van der Waals surface area contributed by atoms with Crippen LogP contribution in [0.4, 0.5) is 0 Å². The van der Waals surface area contributed by atoms with Crippen LogP contribution in [0.5, 0.6) is 5.75 Å². The van der Waals surface area contributed by atoms with Crippen LogP contribution >= 0.6 is 0 Å². The molecule has 1 fully saturated rings. The molecular formula is C19H22N2O4. The summed E-state index contributed by atoms with van der Waals surface area (Å²) in [4.78, 5) is 18.4. The lowest BCUT2D eigenvalue weighted by atomic mass is 10.1. The number of nitrogens with zero attached hydrogens (tertiary/aromatic N) is 2. The summed E-state index contributed by atoms with van der Waals surface area (Å²) in [6, 6.07) is 14.8. The van der Waals surface area contributed by atoms with Crippen molar-refractivity contribution >= 4 is 5.91 Å². The Bertz CT molecular complexity index is 680. The van der Waals surface area contributed by atoms with Crippen molar-refractivity contribution in [3.8, 4) is 5.75 Å². The summed E-state index contributed by atoms with van der Waals surface area (Å²) in [6.07, 6.45) is 1.87. The van der Waals surface area contributed by atoms with Gasteiger partial charge in [0.2, 0.25) is 5.91 Å². The minimum Gasteiger partial charge on any atom is -0.490 e. The molecule has 0 radical (unpaired) electrons. The lowest BCUT2D eigenvalue weighted by molar-refractivity contribution is -0.134. The molecule has 1 amide bonds. The van der Waals surface area contributed by atoms with Crippen LogP contribution in [0.15, 0.2) is 54.7 Å². The molecule has 0 saturated carbocycles. The fourth-order valence-corrected chi connectivity index (χ4v) is 2.72. The first-order valence-electron chi connectivity index (χ1n) is 8.30. The number of pyridine rings is 1. The maximum absolute atomic E-state index is 12.6. The highest BCUT2D eigenvalue weighted by Gasteiger charge is 2.35. The van der Waals surface area contributed by atoms with Gasteiger partial charge in [0, 0.05) is 18.4 Å². The Morgan fingerprint density at radius 1 is 1.24 bits per heavy atom. The quantitative estimate of drug-likeness (QED) is 0.887. The van der Waals surface area contributed by atoms with Crippen molar-refractivity contribution in [3.63, 3.8) is 0 Å². The molecule has 0 bridgehead atoms. The Morgan fingerprint density at radius 2 is 2.04 bits per heavy atom. The fraction of sp³-hybridized carbons (Fsp3) is 0.368. The smallest absolute Gasteiger partial charge is 0.228 e. The molecule has 2 heterocycles. The van der Waals surface area contributed by atoms with Crippen LogP contribution in [0, 0.1) is 0 Å². The van der Waals surface area contributed by atoms with Crippen LogP contribution in [0.2, 0.25) is 0 Å². The van der Waals surface area contributed by atoms with E-state index in [9.17, 15) is 9.90 Å². The topological polar surface area (TPSA) is 71.9 Å². The van der Waals surface area contributed by atoms with E-state index in [1.807, 2.05) is 48.5 Å². The van der Waals surface area contributed by atoms with Gasteiger partial charge in [0.05, 0.1) is 26.2 Å². The number of para-hydroxylation sites is 1. The van der Waals surface area contributed by atoms with E-state index in [1.54, 1.807) is 11.1 Å². The highest BCUT2D eigenvalue weighted by molar-refractivity contribution is 5.78. The molecule has 1 aromatic carbocycles. The molecule has 1 aromatic heterocycles. The second kappa shape index (κ2) is 8.09. The van der Waals surface area contributed by atoms with Gasteiger partial charge >= 0.3 is 0 Å². The van der Waals surface area contributed by atoms with E-state index in [2.05, 4.69) is 4.98 Å². The molecule has 132 valence electrons. The van der Waals surface area contributed by atoms with Crippen LogP contribution in [0.1, 0.15) is 5.69 Å². The number of carbonyl (C=O) groups excluding carboxylic acids is 1. The third-order valence-electron chi connectivity index (χ3n) is 4.02. The van der Waals surface area contributed by atoms with Gasteiger partial charge in [-0.3, -0.25) is 9.78 Å². The second-order valence-electron chi connectivity index (χ2n) is 6.19. The number of benzene rings is 1. The molecule has 25 heavy (non-hydrogen) atoms. The largest absolute Gasteiger partial charge is 0.490 e. The Kier molecular flexibility index (Phi) is 5.63. The van der Waals surface area contributed by atoms with Crippen molar-refractivity contribution in [1.82, 2.24) is 9.88 Å². The first kappa shape index (κ1) is 17.4. The average molecular weight is 342 g/mol. The van der Waals surface area contributed by atoms with Gasteiger partial charge in [-0.2, -0.15) is 0 Å². The van der Waals surface area contributed by atoms with Gasteiger partial charge < -0.3 is 19.5 Å². The van der Waals surface area contributed by atoms with Crippen LogP contribution < -0.4 is 4.74 Å². The molecule has 0 aliphatic carbocycles. The summed E-state index contributed by atoms with van der Waals surface area (Å²) >= 11 is 0. The molecule has 3 rings (SSSR count). The van der Waals surface area contributed by atoms with Crippen molar-refractivity contribution < 1.29 is 19.4 Å². The van der Waals surface area contributed by atoms with Crippen molar-refractivity contribution in [2.45, 2.75) is 12.0 Å². The molecule has 2 aromatic rings.